The Bertz CT molecular complexity index is 1770. The molecule has 44 heavy (non-hydrogen) atoms. The van der Waals surface area contributed by atoms with Crippen molar-refractivity contribution in [3.63, 3.8) is 0 Å². The topological polar surface area (TPSA) is 114 Å². The van der Waals surface area contributed by atoms with Crippen molar-refractivity contribution in [2.45, 2.75) is 58.4 Å². The molecule has 1 aliphatic rings. The summed E-state index contributed by atoms with van der Waals surface area (Å²) >= 11 is 3.42. The van der Waals surface area contributed by atoms with Gasteiger partial charge in [-0.3, -0.25) is 9.78 Å². The molecule has 230 valence electrons. The molecule has 1 amide bonds. The van der Waals surface area contributed by atoms with Crippen LogP contribution < -0.4 is 9.46 Å². The molecule has 1 atom stereocenters. The lowest BCUT2D eigenvalue weighted by Gasteiger charge is -2.35. The number of halogens is 1. The standard InChI is InChI=1S/C33H36BrN5O4S/c1-21-8-6-9-22(2)30(21)28-17-29-37-32(36-28)38-44(41,42)27-11-7-10-23(16-27)31(40)39(26(20-43-29)18-33(3,4)5)15-14-25-13-12-24(34)19-35-25/h6-13,16-17,19,26H,14-15,18,20H2,1-5H3,(H,36,37,38)/t26-/m1/s1. The highest BCUT2D eigenvalue weighted by Crippen LogP contribution is 2.31. The lowest BCUT2D eigenvalue weighted by atomic mass is 9.87. The van der Waals surface area contributed by atoms with Crippen LogP contribution >= 0.6 is 15.9 Å². The smallest absolute Gasteiger partial charge is 0.264 e. The maximum absolute atomic E-state index is 14.2. The Morgan fingerprint density at radius 3 is 2.43 bits per heavy atom. The third-order valence-corrected chi connectivity index (χ3v) is 9.22. The first-order valence-electron chi connectivity index (χ1n) is 14.4. The number of nitrogens with zero attached hydrogens (tertiary/aromatic N) is 4. The van der Waals surface area contributed by atoms with E-state index in [4.69, 9.17) is 4.74 Å². The van der Waals surface area contributed by atoms with Crippen LogP contribution in [0.3, 0.4) is 0 Å². The number of ether oxygens (including phenoxy) is 1. The van der Waals surface area contributed by atoms with E-state index in [1.807, 2.05) is 44.2 Å². The second-order valence-electron chi connectivity index (χ2n) is 12.3. The molecule has 1 aliphatic heterocycles. The molecule has 0 aliphatic carbocycles. The van der Waals surface area contributed by atoms with E-state index in [0.29, 0.717) is 25.1 Å². The summed E-state index contributed by atoms with van der Waals surface area (Å²) in [6.45, 7) is 10.8. The number of pyridine rings is 1. The molecule has 2 aromatic heterocycles. The number of fused-ring (bicyclic) bond motifs is 4. The van der Waals surface area contributed by atoms with Crippen molar-refractivity contribution < 1.29 is 17.9 Å². The number of sulfonamides is 1. The number of benzene rings is 2. The van der Waals surface area contributed by atoms with Crippen molar-refractivity contribution >= 4 is 37.8 Å². The summed E-state index contributed by atoms with van der Waals surface area (Å²) in [7, 11) is -4.14. The molecule has 0 spiro atoms. The zero-order valence-corrected chi connectivity index (χ0v) is 27.9. The van der Waals surface area contributed by atoms with Crippen molar-refractivity contribution in [1.29, 1.82) is 0 Å². The first-order valence-corrected chi connectivity index (χ1v) is 16.7. The predicted octanol–water partition coefficient (Wildman–Crippen LogP) is 6.60. The Hall–Kier alpha value is -3.83. The van der Waals surface area contributed by atoms with Gasteiger partial charge in [-0.1, -0.05) is 45.0 Å². The Labute approximate surface area is 267 Å². The number of hydrogen-bond acceptors (Lipinski definition) is 7. The molecular formula is C33H36BrN5O4S. The van der Waals surface area contributed by atoms with Crippen molar-refractivity contribution in [2.24, 2.45) is 5.41 Å². The fourth-order valence-corrected chi connectivity index (χ4v) is 6.64. The first kappa shape index (κ1) is 31.6. The number of aromatic nitrogens is 3. The molecule has 3 heterocycles. The van der Waals surface area contributed by atoms with E-state index in [-0.39, 0.29) is 46.3 Å². The molecule has 0 saturated heterocycles. The number of amides is 1. The zero-order chi connectivity index (χ0) is 31.6. The normalized spacial score (nSPS) is 16.6. The van der Waals surface area contributed by atoms with E-state index >= 15 is 0 Å². The summed E-state index contributed by atoms with van der Waals surface area (Å²) in [5.41, 5.74) is 4.32. The van der Waals surface area contributed by atoms with Gasteiger partial charge >= 0.3 is 0 Å². The third-order valence-electron chi connectivity index (χ3n) is 7.43. The Morgan fingerprint density at radius 1 is 1.02 bits per heavy atom. The summed E-state index contributed by atoms with van der Waals surface area (Å²) in [5, 5.41) is 0. The van der Waals surface area contributed by atoms with E-state index < -0.39 is 10.0 Å². The van der Waals surface area contributed by atoms with Crippen LogP contribution in [-0.2, 0) is 16.4 Å². The molecular weight excluding hydrogens is 642 g/mol. The molecule has 4 bridgehead atoms. The fraction of sp³-hybridized carbons (Fsp3) is 0.333. The summed E-state index contributed by atoms with van der Waals surface area (Å²) in [5.74, 6) is -0.186. The van der Waals surface area contributed by atoms with Crippen molar-refractivity contribution in [3.05, 3.63) is 93.7 Å². The lowest BCUT2D eigenvalue weighted by Crippen LogP contribution is -2.46. The fourth-order valence-electron chi connectivity index (χ4n) is 5.42. The van der Waals surface area contributed by atoms with Crippen molar-refractivity contribution in [1.82, 2.24) is 19.9 Å². The average Bonchev–Trinajstić information content (AvgIpc) is 2.95. The number of carbonyl (C=O) groups is 1. The van der Waals surface area contributed by atoms with E-state index in [2.05, 4.69) is 56.4 Å². The molecule has 2 aromatic carbocycles. The van der Waals surface area contributed by atoms with Gasteiger partial charge in [-0.05, 0) is 83.1 Å². The van der Waals surface area contributed by atoms with E-state index in [1.165, 1.54) is 12.1 Å². The predicted molar refractivity (Wildman–Crippen MR) is 174 cm³/mol. The minimum atomic E-state index is -4.14. The highest BCUT2D eigenvalue weighted by Gasteiger charge is 2.31. The SMILES string of the molecule is Cc1cccc(C)c1-c1cc2nc(n1)NS(=O)(=O)c1cccc(c1)C(=O)N(CCc1ccc(Br)cn1)[C@H](CC(C)(C)C)CO2. The van der Waals surface area contributed by atoms with Gasteiger partial charge in [0, 0.05) is 46.5 Å². The molecule has 0 radical (unpaired) electrons. The zero-order valence-electron chi connectivity index (χ0n) is 25.5. The quantitative estimate of drug-likeness (QED) is 0.253. The number of carbonyl (C=O) groups excluding carboxylic acids is 1. The van der Waals surface area contributed by atoms with Crippen LogP contribution in [-0.4, -0.2) is 53.4 Å². The van der Waals surface area contributed by atoms with Crippen molar-refractivity contribution in [2.75, 3.05) is 17.9 Å². The van der Waals surface area contributed by atoms with Gasteiger partial charge in [0.15, 0.2) is 0 Å². The number of aryl methyl sites for hydroxylation is 2. The third kappa shape index (κ3) is 7.44. The number of nitrogens with one attached hydrogen (secondary N) is 1. The van der Waals surface area contributed by atoms with Gasteiger partial charge in [-0.25, -0.2) is 18.1 Å². The highest BCUT2D eigenvalue weighted by molar-refractivity contribution is 9.10. The maximum Gasteiger partial charge on any atom is 0.264 e. The number of hydrogen-bond donors (Lipinski definition) is 1. The van der Waals surface area contributed by atoms with Crippen LogP contribution in [0, 0.1) is 19.3 Å². The largest absolute Gasteiger partial charge is 0.475 e. The number of anilines is 1. The molecule has 4 aromatic rings. The maximum atomic E-state index is 14.2. The Kier molecular flexibility index (Phi) is 9.08. The Balaban J connectivity index is 1.63. The van der Waals surface area contributed by atoms with Crippen LogP contribution in [0.25, 0.3) is 11.3 Å². The van der Waals surface area contributed by atoms with Crippen LogP contribution in [0.4, 0.5) is 5.95 Å². The summed E-state index contributed by atoms with van der Waals surface area (Å²) in [6, 6.07) is 17.2. The van der Waals surface area contributed by atoms with Gasteiger partial charge in [-0.15, -0.1) is 0 Å². The number of rotatable bonds is 5. The van der Waals surface area contributed by atoms with Crippen LogP contribution in [0.5, 0.6) is 5.88 Å². The molecule has 11 heteroatoms. The monoisotopic (exact) mass is 677 g/mol. The molecule has 0 unspecified atom stereocenters. The van der Waals surface area contributed by atoms with Crippen LogP contribution in [0.2, 0.25) is 0 Å². The van der Waals surface area contributed by atoms with Gasteiger partial charge in [0.1, 0.15) is 6.61 Å². The van der Waals surface area contributed by atoms with Gasteiger partial charge in [0.05, 0.1) is 16.6 Å². The van der Waals surface area contributed by atoms with Gasteiger partial charge < -0.3 is 9.64 Å². The highest BCUT2D eigenvalue weighted by atomic mass is 79.9. The molecule has 0 fully saturated rings. The average molecular weight is 679 g/mol. The second kappa shape index (κ2) is 12.6. The van der Waals surface area contributed by atoms with E-state index in [0.717, 1.165) is 26.9 Å². The Morgan fingerprint density at radius 2 is 1.75 bits per heavy atom. The molecule has 5 rings (SSSR count). The summed E-state index contributed by atoms with van der Waals surface area (Å²) in [4.78, 5) is 29.5. The minimum Gasteiger partial charge on any atom is -0.475 e. The van der Waals surface area contributed by atoms with E-state index in [1.54, 1.807) is 29.3 Å². The summed E-state index contributed by atoms with van der Waals surface area (Å²) in [6.07, 6.45) is 2.87. The molecule has 1 N–H and O–H groups in total. The minimum absolute atomic E-state index is 0.0620. The van der Waals surface area contributed by atoms with Crippen LogP contribution in [0.15, 0.2) is 76.2 Å². The van der Waals surface area contributed by atoms with Gasteiger partial charge in [0.2, 0.25) is 11.8 Å². The first-order chi connectivity index (χ1) is 20.8. The lowest BCUT2D eigenvalue weighted by molar-refractivity contribution is 0.0540. The second-order valence-corrected chi connectivity index (χ2v) is 14.9. The van der Waals surface area contributed by atoms with Crippen LogP contribution in [0.1, 0.15) is 54.4 Å². The van der Waals surface area contributed by atoms with Gasteiger partial charge in [0.25, 0.3) is 15.9 Å². The molecule has 0 saturated carbocycles. The van der Waals surface area contributed by atoms with E-state index in [9.17, 15) is 13.2 Å². The summed E-state index contributed by atoms with van der Waals surface area (Å²) < 4.78 is 36.8. The van der Waals surface area contributed by atoms with Crippen molar-refractivity contribution in [3.8, 4) is 17.1 Å². The van der Waals surface area contributed by atoms with Gasteiger partial charge in [-0.2, -0.15) is 4.98 Å². The molecule has 9 nitrogen and oxygen atoms in total.